The second-order valence-electron chi connectivity index (χ2n) is 10.3. The molecule has 1 N–H and O–H groups in total. The highest BCUT2D eigenvalue weighted by Gasteiger charge is 2.13. The lowest BCUT2D eigenvalue weighted by Gasteiger charge is -2.18. The third kappa shape index (κ3) is 12.0. The maximum Gasteiger partial charge on any atom is 0.162 e. The first-order valence-electron chi connectivity index (χ1n) is 14.4. The lowest BCUT2D eigenvalue weighted by Crippen LogP contribution is -2.11. The van der Waals surface area contributed by atoms with Crippen molar-refractivity contribution in [3.05, 3.63) is 47.5 Å². The molecule has 6 heteroatoms. The van der Waals surface area contributed by atoms with Crippen LogP contribution in [0.15, 0.2) is 36.4 Å². The molecule has 0 radical (unpaired) electrons. The van der Waals surface area contributed by atoms with Crippen LogP contribution in [-0.2, 0) is 0 Å². The van der Waals surface area contributed by atoms with Gasteiger partial charge in [0.1, 0.15) is 0 Å². The Balaban J connectivity index is 1.98. The Morgan fingerprint density at radius 1 is 0.769 bits per heavy atom. The molecule has 0 bridgehead atoms. The quantitative estimate of drug-likeness (QED) is 0.110. The van der Waals surface area contributed by atoms with Gasteiger partial charge in [0.05, 0.1) is 37.6 Å². The molecule has 0 aliphatic heterocycles. The molecule has 214 valence electrons. The minimum Gasteiger partial charge on any atom is -0.493 e. The van der Waals surface area contributed by atoms with Crippen LogP contribution in [-0.4, -0.2) is 37.6 Å². The highest BCUT2D eigenvalue weighted by molar-refractivity contribution is 5.90. The van der Waals surface area contributed by atoms with E-state index >= 15 is 0 Å². The second kappa shape index (κ2) is 18.2. The topological polar surface area (TPSA) is 80.9 Å². The van der Waals surface area contributed by atoms with Crippen molar-refractivity contribution in [1.82, 2.24) is 0 Å². The maximum atomic E-state index is 9.92. The lowest BCUT2D eigenvalue weighted by molar-refractivity contribution is 0.199. The molecule has 0 aliphatic rings. The van der Waals surface area contributed by atoms with Gasteiger partial charge in [0, 0.05) is 6.61 Å². The molecule has 6 nitrogen and oxygen atoms in total. The van der Waals surface area contributed by atoms with Gasteiger partial charge in [-0.25, -0.2) is 0 Å². The predicted octanol–water partition coefficient (Wildman–Crippen LogP) is 8.22. The lowest BCUT2D eigenvalue weighted by atomic mass is 10.0. The van der Waals surface area contributed by atoms with E-state index in [4.69, 9.17) is 24.1 Å². The number of ether oxygens (including phenoxy) is 4. The Morgan fingerprint density at radius 3 is 1.95 bits per heavy atom. The van der Waals surface area contributed by atoms with Crippen molar-refractivity contribution in [3.63, 3.8) is 0 Å². The fourth-order valence-electron chi connectivity index (χ4n) is 4.25. The SMILES string of the molecule is COc1cc(C=C(C#N)c2ccc(OC(C)C)c(OC(C)C)c2)ccc1OCCCCCCCCCCCO. The first-order chi connectivity index (χ1) is 18.9. The van der Waals surface area contributed by atoms with Crippen molar-refractivity contribution >= 4 is 11.6 Å². The number of allylic oxidation sites excluding steroid dienone is 1. The van der Waals surface area contributed by atoms with Crippen LogP contribution in [0, 0.1) is 11.3 Å². The molecule has 39 heavy (non-hydrogen) atoms. The molecule has 0 atom stereocenters. The number of rotatable bonds is 19. The standard InChI is InChI=1S/C33H47NO5/c1-25(2)38-31-18-16-28(23-33(31)39-26(3)4)29(24-34)21-27-15-17-30(32(22-27)36-5)37-20-14-12-10-8-6-7-9-11-13-19-35/h15-18,21-23,25-26,35H,6-14,19-20H2,1-5H3. The zero-order valence-electron chi connectivity index (χ0n) is 24.5. The van der Waals surface area contributed by atoms with Crippen LogP contribution < -0.4 is 18.9 Å². The van der Waals surface area contributed by atoms with E-state index < -0.39 is 0 Å². The second-order valence-corrected chi connectivity index (χ2v) is 10.3. The monoisotopic (exact) mass is 537 g/mol. The van der Waals surface area contributed by atoms with E-state index in [9.17, 15) is 5.26 Å². The maximum absolute atomic E-state index is 9.92. The predicted molar refractivity (Wildman–Crippen MR) is 159 cm³/mol. The van der Waals surface area contributed by atoms with Gasteiger partial charge in [0.2, 0.25) is 0 Å². The summed E-state index contributed by atoms with van der Waals surface area (Å²) in [5.41, 5.74) is 2.13. The minimum atomic E-state index is -0.0195. The Labute approximate surface area is 235 Å². The average molecular weight is 538 g/mol. The number of hydrogen-bond donors (Lipinski definition) is 1. The zero-order valence-corrected chi connectivity index (χ0v) is 24.5. The van der Waals surface area contributed by atoms with Gasteiger partial charge in [-0.3, -0.25) is 0 Å². The van der Waals surface area contributed by atoms with Crippen molar-refractivity contribution in [2.45, 2.75) is 97.7 Å². The van der Waals surface area contributed by atoms with Crippen molar-refractivity contribution in [3.8, 4) is 29.1 Å². The molecule has 0 fully saturated rings. The molecule has 0 heterocycles. The summed E-state index contributed by atoms with van der Waals surface area (Å²) in [7, 11) is 1.63. The number of nitrogens with zero attached hydrogens (tertiary/aromatic N) is 1. The van der Waals surface area contributed by atoms with Gasteiger partial charge in [-0.15, -0.1) is 0 Å². The highest BCUT2D eigenvalue weighted by atomic mass is 16.5. The van der Waals surface area contributed by atoms with Gasteiger partial charge in [0.15, 0.2) is 23.0 Å². The number of benzene rings is 2. The molecule has 0 saturated carbocycles. The van der Waals surface area contributed by atoms with E-state index in [2.05, 4.69) is 6.07 Å². The summed E-state index contributed by atoms with van der Waals surface area (Å²) in [5, 5.41) is 18.7. The summed E-state index contributed by atoms with van der Waals surface area (Å²) in [5.74, 6) is 2.64. The third-order valence-corrected chi connectivity index (χ3v) is 6.16. The Hall–Kier alpha value is -3.17. The Morgan fingerprint density at radius 2 is 1.36 bits per heavy atom. The summed E-state index contributed by atoms with van der Waals surface area (Å²) >= 11 is 0. The van der Waals surface area contributed by atoms with Crippen molar-refractivity contribution in [1.29, 1.82) is 5.26 Å². The van der Waals surface area contributed by atoms with E-state index in [1.165, 1.54) is 32.1 Å². The molecule has 2 aromatic carbocycles. The zero-order chi connectivity index (χ0) is 28.5. The molecule has 0 aliphatic carbocycles. The van der Waals surface area contributed by atoms with Crippen molar-refractivity contribution < 1.29 is 24.1 Å². The number of unbranched alkanes of at least 4 members (excludes halogenated alkanes) is 8. The molecular weight excluding hydrogens is 490 g/mol. The van der Waals surface area contributed by atoms with E-state index in [1.54, 1.807) is 7.11 Å². The largest absolute Gasteiger partial charge is 0.493 e. The normalized spacial score (nSPS) is 11.5. The molecule has 0 saturated heterocycles. The molecular formula is C33H47NO5. The third-order valence-electron chi connectivity index (χ3n) is 6.16. The number of nitriles is 1. The summed E-state index contributed by atoms with van der Waals surface area (Å²) < 4.78 is 23.4. The van der Waals surface area contributed by atoms with Crippen LogP contribution >= 0.6 is 0 Å². The summed E-state index contributed by atoms with van der Waals surface area (Å²) in [6.45, 7) is 8.83. The molecule has 0 aromatic heterocycles. The first kappa shape index (κ1) is 32.0. The van der Waals surface area contributed by atoms with Gasteiger partial charge in [0.25, 0.3) is 0 Å². The molecule has 0 amide bonds. The minimum absolute atomic E-state index is 0.0164. The number of aliphatic hydroxyl groups excluding tert-OH is 1. The Bertz CT molecular complexity index is 1050. The first-order valence-corrected chi connectivity index (χ1v) is 14.4. The van der Waals surface area contributed by atoms with E-state index in [1.807, 2.05) is 70.2 Å². The Kier molecular flexibility index (Phi) is 14.9. The number of methoxy groups -OCH3 is 1. The van der Waals surface area contributed by atoms with Gasteiger partial charge in [-0.2, -0.15) is 5.26 Å². The number of aliphatic hydroxyl groups is 1. The van der Waals surface area contributed by atoms with Crippen LogP contribution in [0.1, 0.15) is 96.6 Å². The van der Waals surface area contributed by atoms with Crippen molar-refractivity contribution in [2.24, 2.45) is 0 Å². The summed E-state index contributed by atoms with van der Waals surface area (Å²) in [6.07, 6.45) is 12.3. The fraction of sp³-hybridized carbons (Fsp3) is 0.545. The average Bonchev–Trinajstić information content (AvgIpc) is 2.91. The van der Waals surface area contributed by atoms with Crippen LogP contribution in [0.25, 0.3) is 11.6 Å². The van der Waals surface area contributed by atoms with Gasteiger partial charge in [-0.1, -0.05) is 51.0 Å². The fourth-order valence-corrected chi connectivity index (χ4v) is 4.25. The molecule has 2 aromatic rings. The summed E-state index contributed by atoms with van der Waals surface area (Å²) in [6, 6.07) is 13.6. The molecule has 2 rings (SSSR count). The van der Waals surface area contributed by atoms with Gasteiger partial charge >= 0.3 is 0 Å². The van der Waals surface area contributed by atoms with Gasteiger partial charge in [-0.05, 0) is 88.1 Å². The van der Waals surface area contributed by atoms with Gasteiger partial charge < -0.3 is 24.1 Å². The van der Waals surface area contributed by atoms with Crippen LogP contribution in [0.3, 0.4) is 0 Å². The molecule has 0 spiro atoms. The van der Waals surface area contributed by atoms with Crippen molar-refractivity contribution in [2.75, 3.05) is 20.3 Å². The van der Waals surface area contributed by atoms with E-state index in [0.717, 1.165) is 36.8 Å². The van der Waals surface area contributed by atoms with E-state index in [0.29, 0.717) is 41.8 Å². The molecule has 0 unspecified atom stereocenters. The van der Waals surface area contributed by atoms with Crippen LogP contribution in [0.4, 0.5) is 0 Å². The smallest absolute Gasteiger partial charge is 0.162 e. The van der Waals surface area contributed by atoms with E-state index in [-0.39, 0.29) is 12.2 Å². The highest BCUT2D eigenvalue weighted by Crippen LogP contribution is 2.34. The van der Waals surface area contributed by atoms with Crippen LogP contribution in [0.2, 0.25) is 0 Å². The summed E-state index contributed by atoms with van der Waals surface area (Å²) in [4.78, 5) is 0. The van der Waals surface area contributed by atoms with Crippen LogP contribution in [0.5, 0.6) is 23.0 Å². The number of hydrogen-bond acceptors (Lipinski definition) is 6.